The van der Waals surface area contributed by atoms with E-state index in [-0.39, 0.29) is 4.90 Å². The van der Waals surface area contributed by atoms with Gasteiger partial charge in [0, 0.05) is 35.8 Å². The van der Waals surface area contributed by atoms with Crippen LogP contribution in [0.1, 0.15) is 36.2 Å². The minimum Gasteiger partial charge on any atom is -0.353 e. The third-order valence-electron chi connectivity index (χ3n) is 6.28. The maximum atomic E-state index is 12.9. The van der Waals surface area contributed by atoms with Crippen molar-refractivity contribution in [1.82, 2.24) is 34.7 Å². The van der Waals surface area contributed by atoms with Crippen LogP contribution in [-0.2, 0) is 9.84 Å². The van der Waals surface area contributed by atoms with E-state index in [2.05, 4.69) is 40.7 Å². The third kappa shape index (κ3) is 4.82. The largest absolute Gasteiger partial charge is 0.353 e. The van der Waals surface area contributed by atoms with Crippen molar-refractivity contribution in [2.24, 2.45) is 0 Å². The summed E-state index contributed by atoms with van der Waals surface area (Å²) in [5, 5.41) is 11.2. The summed E-state index contributed by atoms with van der Waals surface area (Å²) >= 11 is 0. The Kier molecular flexibility index (Phi) is 5.64. The number of aryl methyl sites for hydroxylation is 3. The van der Waals surface area contributed by atoms with Gasteiger partial charge in [-0.05, 0) is 51.8 Å². The second-order valence-electron chi connectivity index (χ2n) is 9.66. The van der Waals surface area contributed by atoms with E-state index in [1.54, 1.807) is 18.2 Å². The molecule has 5 aromatic rings. The minimum absolute atomic E-state index is 0.175. The summed E-state index contributed by atoms with van der Waals surface area (Å²) in [4.78, 5) is 21.2. The van der Waals surface area contributed by atoms with E-state index < -0.39 is 9.84 Å². The fourth-order valence-electron chi connectivity index (χ4n) is 4.45. The summed E-state index contributed by atoms with van der Waals surface area (Å²) in [6, 6.07) is 11.3. The zero-order chi connectivity index (χ0) is 26.6. The van der Waals surface area contributed by atoms with Gasteiger partial charge in [-0.1, -0.05) is 6.07 Å². The Morgan fingerprint density at radius 1 is 0.921 bits per heavy atom. The molecule has 38 heavy (non-hydrogen) atoms. The predicted molar refractivity (Wildman–Crippen MR) is 146 cm³/mol. The summed E-state index contributed by atoms with van der Waals surface area (Å²) in [5.41, 5.74) is 4.52. The molecule has 11 nitrogen and oxygen atoms in total. The molecule has 3 N–H and O–H groups in total. The highest BCUT2D eigenvalue weighted by Gasteiger charge is 2.25. The lowest BCUT2D eigenvalue weighted by molar-refractivity contribution is 0.602. The molecule has 6 rings (SSSR count). The monoisotopic (exact) mass is 529 g/mol. The van der Waals surface area contributed by atoms with Crippen LogP contribution in [0.4, 0.5) is 23.0 Å². The average molecular weight is 530 g/mol. The summed E-state index contributed by atoms with van der Waals surface area (Å²) < 4.78 is 27.7. The maximum absolute atomic E-state index is 12.9. The molecule has 1 aromatic carbocycles. The Balaban J connectivity index is 1.40. The van der Waals surface area contributed by atoms with E-state index >= 15 is 0 Å². The second kappa shape index (κ2) is 8.91. The first kappa shape index (κ1) is 24.0. The number of rotatable bonds is 7. The molecule has 4 heterocycles. The fourth-order valence-corrected chi connectivity index (χ4v) is 5.31. The van der Waals surface area contributed by atoms with Gasteiger partial charge in [-0.15, -0.1) is 0 Å². The van der Waals surface area contributed by atoms with Crippen molar-refractivity contribution in [1.29, 1.82) is 0 Å². The number of aromatic nitrogens is 7. The van der Waals surface area contributed by atoms with Gasteiger partial charge in [0.05, 0.1) is 28.0 Å². The Hall–Kier alpha value is -4.32. The first-order valence-corrected chi connectivity index (χ1v) is 14.1. The Morgan fingerprint density at radius 2 is 1.71 bits per heavy atom. The first-order valence-electron chi connectivity index (χ1n) is 12.3. The van der Waals surface area contributed by atoms with E-state index in [0.717, 1.165) is 29.8 Å². The molecule has 1 aliphatic carbocycles. The molecule has 0 bridgehead atoms. The number of pyridine rings is 1. The number of sulfone groups is 1. The maximum Gasteiger partial charge on any atom is 0.181 e. The molecule has 4 aromatic heterocycles. The van der Waals surface area contributed by atoms with E-state index in [1.165, 1.54) is 6.26 Å². The number of aromatic amines is 1. The second-order valence-corrected chi connectivity index (χ2v) is 11.6. The van der Waals surface area contributed by atoms with Crippen LogP contribution in [0.2, 0.25) is 0 Å². The van der Waals surface area contributed by atoms with E-state index in [4.69, 9.17) is 0 Å². The van der Waals surface area contributed by atoms with Crippen LogP contribution in [0.5, 0.6) is 0 Å². The standard InChI is InChI=1S/C26H27N9O2S/c1-14-11-23(28-15(2)27-14)32-24-13-21(25-26(33-24)30-16(3)29-25)31-20-8-5-17(12-22(20)38(4,36)37)19-9-10-35(34-19)18-6-7-18/h5,8-13,18H,6-7H2,1-4H3,(H3,27,28,29,30,31,32,33). The molecular formula is C26H27N9O2S. The predicted octanol–water partition coefficient (Wildman–Crippen LogP) is 4.76. The number of nitrogens with zero attached hydrogens (tertiary/aromatic N) is 6. The van der Waals surface area contributed by atoms with Crippen LogP contribution in [0, 0.1) is 20.8 Å². The van der Waals surface area contributed by atoms with Crippen molar-refractivity contribution in [3.63, 3.8) is 0 Å². The Morgan fingerprint density at radius 3 is 2.45 bits per heavy atom. The molecule has 0 aliphatic heterocycles. The molecule has 1 saturated carbocycles. The van der Waals surface area contributed by atoms with Crippen molar-refractivity contribution < 1.29 is 8.42 Å². The zero-order valence-electron chi connectivity index (χ0n) is 21.4. The summed E-state index contributed by atoms with van der Waals surface area (Å²) in [5.74, 6) is 2.44. The van der Waals surface area contributed by atoms with Crippen LogP contribution in [0.3, 0.4) is 0 Å². The molecule has 0 atom stereocenters. The summed E-state index contributed by atoms with van der Waals surface area (Å²) in [6.07, 6.45) is 5.40. The third-order valence-corrected chi connectivity index (χ3v) is 7.41. The quantitative estimate of drug-likeness (QED) is 0.272. The molecule has 0 amide bonds. The normalized spacial score (nSPS) is 13.7. The van der Waals surface area contributed by atoms with E-state index in [9.17, 15) is 8.42 Å². The number of benzene rings is 1. The van der Waals surface area contributed by atoms with Crippen molar-refractivity contribution in [3.05, 3.63) is 59.9 Å². The number of fused-ring (bicyclic) bond motifs is 1. The van der Waals surface area contributed by atoms with Crippen molar-refractivity contribution in [2.45, 2.75) is 44.6 Å². The van der Waals surface area contributed by atoms with Gasteiger partial charge < -0.3 is 15.6 Å². The minimum atomic E-state index is -3.57. The van der Waals surface area contributed by atoms with Gasteiger partial charge in [0.1, 0.15) is 28.8 Å². The lowest BCUT2D eigenvalue weighted by Gasteiger charge is -2.14. The van der Waals surface area contributed by atoms with Crippen LogP contribution >= 0.6 is 0 Å². The molecule has 1 aliphatic rings. The molecule has 0 radical (unpaired) electrons. The number of nitrogens with one attached hydrogen (secondary N) is 3. The van der Waals surface area contributed by atoms with Crippen LogP contribution < -0.4 is 10.6 Å². The van der Waals surface area contributed by atoms with E-state index in [0.29, 0.717) is 51.9 Å². The lowest BCUT2D eigenvalue weighted by Crippen LogP contribution is -2.05. The molecule has 0 saturated heterocycles. The van der Waals surface area contributed by atoms with Crippen LogP contribution in [0.15, 0.2) is 47.5 Å². The van der Waals surface area contributed by atoms with Crippen molar-refractivity contribution in [3.8, 4) is 11.3 Å². The highest BCUT2D eigenvalue weighted by molar-refractivity contribution is 7.90. The van der Waals surface area contributed by atoms with Crippen LogP contribution in [0.25, 0.3) is 22.4 Å². The summed E-state index contributed by atoms with van der Waals surface area (Å²) in [7, 11) is -3.57. The number of H-pyrrole nitrogens is 1. The molecule has 0 unspecified atom stereocenters. The highest BCUT2D eigenvalue weighted by Crippen LogP contribution is 2.36. The average Bonchev–Trinajstić information content (AvgIpc) is 3.43. The van der Waals surface area contributed by atoms with Crippen molar-refractivity contribution in [2.75, 3.05) is 16.9 Å². The number of hydrogen-bond acceptors (Lipinski definition) is 9. The van der Waals surface area contributed by atoms with Gasteiger partial charge in [0.15, 0.2) is 15.5 Å². The smallest absolute Gasteiger partial charge is 0.181 e. The van der Waals surface area contributed by atoms with Gasteiger partial charge in [0.2, 0.25) is 0 Å². The molecule has 194 valence electrons. The zero-order valence-corrected chi connectivity index (χ0v) is 22.3. The molecule has 1 fully saturated rings. The summed E-state index contributed by atoms with van der Waals surface area (Å²) in [6.45, 7) is 5.56. The Bertz CT molecular complexity index is 1780. The highest BCUT2D eigenvalue weighted by atomic mass is 32.2. The van der Waals surface area contributed by atoms with E-state index in [1.807, 2.05) is 49.8 Å². The Labute approximate surface area is 219 Å². The van der Waals surface area contributed by atoms with Gasteiger partial charge in [-0.3, -0.25) is 4.68 Å². The van der Waals surface area contributed by atoms with Gasteiger partial charge in [0.25, 0.3) is 0 Å². The number of anilines is 4. The molecule has 12 heteroatoms. The fraction of sp³-hybridized carbons (Fsp3) is 0.269. The van der Waals surface area contributed by atoms with Gasteiger partial charge in [-0.2, -0.15) is 5.10 Å². The topological polar surface area (TPSA) is 143 Å². The SMILES string of the molecule is Cc1cc(Nc2cc(Nc3ccc(-c4ccn(C5CC5)n4)cc3S(C)(=O)=O)c3[nH]c(C)nc3n2)nc(C)n1. The number of imidazole rings is 1. The van der Waals surface area contributed by atoms with Gasteiger partial charge >= 0.3 is 0 Å². The van der Waals surface area contributed by atoms with Crippen molar-refractivity contribution >= 4 is 44.0 Å². The first-order chi connectivity index (χ1) is 18.1. The van der Waals surface area contributed by atoms with Crippen LogP contribution in [-0.4, -0.2) is 49.4 Å². The number of hydrogen-bond donors (Lipinski definition) is 3. The lowest BCUT2D eigenvalue weighted by atomic mass is 10.1. The van der Waals surface area contributed by atoms with Gasteiger partial charge in [-0.25, -0.2) is 28.4 Å². The molecule has 0 spiro atoms. The molecular weight excluding hydrogens is 502 g/mol.